The average Bonchev–Trinajstić information content (AvgIpc) is 3.04. The summed E-state index contributed by atoms with van der Waals surface area (Å²) in [6.45, 7) is 2.64. The van der Waals surface area contributed by atoms with Gasteiger partial charge in [0.1, 0.15) is 11.5 Å². The van der Waals surface area contributed by atoms with Gasteiger partial charge >= 0.3 is 0 Å². The second-order valence-corrected chi connectivity index (χ2v) is 5.87. The van der Waals surface area contributed by atoms with Gasteiger partial charge in [0.2, 0.25) is 0 Å². The fourth-order valence-electron chi connectivity index (χ4n) is 2.98. The maximum absolute atomic E-state index is 11.7. The van der Waals surface area contributed by atoms with E-state index in [9.17, 15) is 4.79 Å². The zero-order valence-corrected chi connectivity index (χ0v) is 13.7. The minimum absolute atomic E-state index is 0.379. The molecule has 0 atom stereocenters. The molecule has 3 aromatic rings. The van der Waals surface area contributed by atoms with Gasteiger partial charge in [-0.2, -0.15) is 0 Å². The van der Waals surface area contributed by atoms with E-state index in [0.29, 0.717) is 23.6 Å². The number of fused-ring (bicyclic) bond motifs is 1. The van der Waals surface area contributed by atoms with Gasteiger partial charge < -0.3 is 10.6 Å². The molecule has 0 aromatic carbocycles. The largest absolute Gasteiger partial charge is 0.365 e. The second kappa shape index (κ2) is 5.94. The lowest BCUT2D eigenvalue weighted by Crippen LogP contribution is -2.21. The third-order valence-corrected chi connectivity index (χ3v) is 4.17. The minimum Gasteiger partial charge on any atom is -0.365 e. The summed E-state index contributed by atoms with van der Waals surface area (Å²) in [4.78, 5) is 31.3. The number of aryl methyl sites for hydroxylation is 1. The van der Waals surface area contributed by atoms with Crippen LogP contribution in [0.3, 0.4) is 0 Å². The highest BCUT2D eigenvalue weighted by Crippen LogP contribution is 2.35. The molecule has 0 bridgehead atoms. The molecule has 1 aliphatic rings. The van der Waals surface area contributed by atoms with E-state index in [0.717, 1.165) is 29.2 Å². The lowest BCUT2D eigenvalue weighted by molar-refractivity contribution is 0.100. The van der Waals surface area contributed by atoms with E-state index in [1.165, 1.54) is 6.20 Å². The number of pyridine rings is 2. The molecular weight excluding hydrogens is 316 g/mol. The molecule has 4 heterocycles. The van der Waals surface area contributed by atoms with Gasteiger partial charge in [-0.15, -0.1) is 0 Å². The first-order chi connectivity index (χ1) is 12.1. The summed E-state index contributed by atoms with van der Waals surface area (Å²) < 4.78 is 0. The quantitative estimate of drug-likeness (QED) is 0.788. The Kier molecular flexibility index (Phi) is 3.61. The van der Waals surface area contributed by atoms with Gasteiger partial charge in [-0.3, -0.25) is 9.78 Å². The van der Waals surface area contributed by atoms with Gasteiger partial charge in [-0.25, -0.2) is 15.0 Å². The van der Waals surface area contributed by atoms with E-state index >= 15 is 0 Å². The summed E-state index contributed by atoms with van der Waals surface area (Å²) in [5.41, 5.74) is 9.24. The summed E-state index contributed by atoms with van der Waals surface area (Å²) in [5.74, 6) is 0.831. The molecule has 2 N–H and O–H groups in total. The molecule has 25 heavy (non-hydrogen) atoms. The molecule has 0 unspecified atom stereocenters. The Bertz CT molecular complexity index is 971. The predicted octanol–water partition coefficient (Wildman–Crippen LogP) is 2.04. The Hall–Kier alpha value is -3.35. The Morgan fingerprint density at radius 1 is 1.20 bits per heavy atom. The molecule has 7 heteroatoms. The number of primary amides is 1. The van der Waals surface area contributed by atoms with Gasteiger partial charge in [-0.05, 0) is 31.5 Å². The van der Waals surface area contributed by atoms with Crippen LogP contribution in [0.15, 0.2) is 42.9 Å². The van der Waals surface area contributed by atoms with E-state index in [4.69, 9.17) is 10.7 Å². The first-order valence-electron chi connectivity index (χ1n) is 7.95. The molecule has 0 radical (unpaired) electrons. The third-order valence-electron chi connectivity index (χ3n) is 4.17. The Morgan fingerprint density at radius 2 is 2.08 bits per heavy atom. The first kappa shape index (κ1) is 15.2. The topological polar surface area (TPSA) is 97.9 Å². The minimum atomic E-state index is -0.508. The van der Waals surface area contributed by atoms with Crippen molar-refractivity contribution in [1.29, 1.82) is 0 Å². The van der Waals surface area contributed by atoms with E-state index in [1.807, 2.05) is 36.2 Å². The van der Waals surface area contributed by atoms with Gasteiger partial charge in [0.05, 0.1) is 11.3 Å². The van der Waals surface area contributed by atoms with Crippen LogP contribution in [0.2, 0.25) is 0 Å². The van der Waals surface area contributed by atoms with E-state index in [1.54, 1.807) is 12.3 Å². The fourth-order valence-corrected chi connectivity index (χ4v) is 2.98. The molecule has 4 rings (SSSR count). The number of carbonyl (C=O) groups excluding carboxylic acids is 1. The van der Waals surface area contributed by atoms with Crippen molar-refractivity contribution in [2.75, 3.05) is 11.4 Å². The van der Waals surface area contributed by atoms with Crippen molar-refractivity contribution < 1.29 is 4.79 Å². The smallest absolute Gasteiger partial charge is 0.252 e. The van der Waals surface area contributed by atoms with E-state index in [-0.39, 0.29) is 0 Å². The molecule has 1 amide bonds. The molecular formula is C18H16N6O. The van der Waals surface area contributed by atoms with Gasteiger partial charge in [0.25, 0.3) is 5.91 Å². The number of carbonyl (C=O) groups is 1. The zero-order chi connectivity index (χ0) is 17.4. The van der Waals surface area contributed by atoms with Gasteiger partial charge in [-0.1, -0.05) is 6.07 Å². The van der Waals surface area contributed by atoms with Crippen LogP contribution >= 0.6 is 0 Å². The highest BCUT2D eigenvalue weighted by atomic mass is 16.1. The normalized spacial score (nSPS) is 12.9. The molecule has 124 valence electrons. The number of rotatable bonds is 3. The first-order valence-corrected chi connectivity index (χ1v) is 7.95. The summed E-state index contributed by atoms with van der Waals surface area (Å²) in [5, 5.41) is 0. The molecule has 0 spiro atoms. The van der Waals surface area contributed by atoms with Crippen molar-refractivity contribution >= 4 is 17.4 Å². The van der Waals surface area contributed by atoms with Crippen molar-refractivity contribution in [2.24, 2.45) is 5.73 Å². The number of anilines is 2. The van der Waals surface area contributed by atoms with E-state index in [2.05, 4.69) is 15.0 Å². The van der Waals surface area contributed by atoms with Crippen molar-refractivity contribution in [3.8, 4) is 11.5 Å². The maximum Gasteiger partial charge on any atom is 0.252 e. The Morgan fingerprint density at radius 3 is 2.88 bits per heavy atom. The number of nitrogens with zero attached hydrogens (tertiary/aromatic N) is 5. The maximum atomic E-state index is 11.7. The van der Waals surface area contributed by atoms with Crippen LogP contribution in [0.4, 0.5) is 11.5 Å². The fraction of sp³-hybridized carbons (Fsp3) is 0.167. The summed E-state index contributed by atoms with van der Waals surface area (Å²) in [7, 11) is 0. The molecule has 0 saturated heterocycles. The highest BCUT2D eigenvalue weighted by Gasteiger charge is 2.26. The zero-order valence-electron chi connectivity index (χ0n) is 13.7. The van der Waals surface area contributed by atoms with Crippen LogP contribution in [0.1, 0.15) is 21.6 Å². The summed E-state index contributed by atoms with van der Waals surface area (Å²) >= 11 is 0. The molecule has 1 aliphatic heterocycles. The molecule has 7 nitrogen and oxygen atoms in total. The van der Waals surface area contributed by atoms with E-state index < -0.39 is 5.91 Å². The standard InChI is InChI=1S/C18H16N6O/c1-11-3-2-4-14(22-11)17-21-9-12-6-8-24(18(12)23-17)15-5-7-20-10-13(15)16(19)25/h2-5,7,9-10H,6,8H2,1H3,(H2,19,25). The van der Waals surface area contributed by atoms with Crippen LogP contribution < -0.4 is 10.6 Å². The summed E-state index contributed by atoms with van der Waals surface area (Å²) in [6.07, 6.45) is 5.76. The number of nitrogens with two attached hydrogens (primary N) is 1. The van der Waals surface area contributed by atoms with Crippen LogP contribution in [-0.4, -0.2) is 32.4 Å². The van der Waals surface area contributed by atoms with Gasteiger partial charge in [0, 0.05) is 36.4 Å². The monoisotopic (exact) mass is 332 g/mol. The molecule has 3 aromatic heterocycles. The lowest BCUT2D eigenvalue weighted by Gasteiger charge is -2.20. The van der Waals surface area contributed by atoms with Crippen LogP contribution in [0.5, 0.6) is 0 Å². The molecule has 0 aliphatic carbocycles. The SMILES string of the molecule is Cc1cccc(-c2ncc3c(n2)N(c2ccncc2C(N)=O)CC3)n1. The van der Waals surface area contributed by atoms with Crippen molar-refractivity contribution in [1.82, 2.24) is 19.9 Å². The van der Waals surface area contributed by atoms with Crippen molar-refractivity contribution in [3.63, 3.8) is 0 Å². The average molecular weight is 332 g/mol. The molecule has 0 fully saturated rings. The molecule has 0 saturated carbocycles. The van der Waals surface area contributed by atoms with Crippen LogP contribution in [0, 0.1) is 6.92 Å². The van der Waals surface area contributed by atoms with Gasteiger partial charge in [0.15, 0.2) is 5.82 Å². The number of amides is 1. The Labute approximate surface area is 144 Å². The number of hydrogen-bond donors (Lipinski definition) is 1. The van der Waals surface area contributed by atoms with Crippen molar-refractivity contribution in [2.45, 2.75) is 13.3 Å². The van der Waals surface area contributed by atoms with Crippen LogP contribution in [0.25, 0.3) is 11.5 Å². The predicted molar refractivity (Wildman–Crippen MR) is 93.5 cm³/mol. The number of aromatic nitrogens is 4. The van der Waals surface area contributed by atoms with Crippen molar-refractivity contribution in [3.05, 3.63) is 59.7 Å². The lowest BCUT2D eigenvalue weighted by atomic mass is 10.2. The summed E-state index contributed by atoms with van der Waals surface area (Å²) in [6, 6.07) is 7.52. The third kappa shape index (κ3) is 2.69. The Balaban J connectivity index is 1.80. The second-order valence-electron chi connectivity index (χ2n) is 5.87. The van der Waals surface area contributed by atoms with Crippen LogP contribution in [-0.2, 0) is 6.42 Å². The number of hydrogen-bond acceptors (Lipinski definition) is 6. The highest BCUT2D eigenvalue weighted by molar-refractivity contribution is 5.99.